The highest BCUT2D eigenvalue weighted by molar-refractivity contribution is 5.97. The normalized spacial score (nSPS) is 15.1. The number of hydrogen-bond donors (Lipinski definition) is 0. The molecule has 14 rings (SSSR count). The summed E-state index contributed by atoms with van der Waals surface area (Å²) in [5, 5.41) is 0. The average molecular weight is 868 g/mol. The predicted octanol–water partition coefficient (Wildman–Crippen LogP) is 17.4. The lowest BCUT2D eigenvalue weighted by Gasteiger charge is -2.33. The van der Waals surface area contributed by atoms with E-state index in [4.69, 9.17) is 0 Å². The first-order chi connectivity index (χ1) is 33.2. The maximum absolute atomic E-state index is 2.54. The molecule has 10 aromatic carbocycles. The van der Waals surface area contributed by atoms with Crippen LogP contribution in [0, 0.1) is 0 Å². The molecule has 0 saturated heterocycles. The Balaban J connectivity index is 0.943. The summed E-state index contributed by atoms with van der Waals surface area (Å²) in [6.07, 6.45) is 0. The molecule has 0 atom stereocenters. The van der Waals surface area contributed by atoms with E-state index in [0.717, 1.165) is 17.1 Å². The van der Waals surface area contributed by atoms with Gasteiger partial charge in [0.15, 0.2) is 0 Å². The van der Waals surface area contributed by atoms with Crippen molar-refractivity contribution in [3.05, 3.63) is 269 Å². The largest absolute Gasteiger partial charge is 0.310 e. The van der Waals surface area contributed by atoms with E-state index in [1.165, 1.54) is 111 Å². The lowest BCUT2D eigenvalue weighted by molar-refractivity contribution is 0.660. The fraction of sp³-hybridized carbons (Fsp3) is 0.104. The first-order valence-corrected chi connectivity index (χ1v) is 24.2. The Labute approximate surface area is 399 Å². The molecule has 1 nitrogen and oxygen atoms in total. The van der Waals surface area contributed by atoms with E-state index in [1.807, 2.05) is 0 Å². The number of nitrogens with zero attached hydrogens (tertiary/aromatic N) is 1. The van der Waals surface area contributed by atoms with Crippen molar-refractivity contribution in [1.29, 1.82) is 0 Å². The zero-order valence-electron chi connectivity index (χ0n) is 38.8. The number of rotatable bonds is 5. The van der Waals surface area contributed by atoms with Gasteiger partial charge in [-0.05, 0) is 154 Å². The van der Waals surface area contributed by atoms with Gasteiger partial charge >= 0.3 is 0 Å². The molecule has 0 radical (unpaired) electrons. The van der Waals surface area contributed by atoms with Gasteiger partial charge in [0, 0.05) is 27.9 Å². The summed E-state index contributed by atoms with van der Waals surface area (Å²) < 4.78 is 0. The van der Waals surface area contributed by atoms with Gasteiger partial charge in [-0.15, -0.1) is 0 Å². The quantitative estimate of drug-likeness (QED) is 0.167. The van der Waals surface area contributed by atoms with Crippen LogP contribution in [0.4, 0.5) is 17.1 Å². The van der Waals surface area contributed by atoms with Crippen molar-refractivity contribution < 1.29 is 0 Å². The van der Waals surface area contributed by atoms with Crippen LogP contribution in [0.3, 0.4) is 0 Å². The minimum absolute atomic E-state index is 0.143. The lowest BCUT2D eigenvalue weighted by atomic mass is 9.70. The molecule has 1 heteroatoms. The van der Waals surface area contributed by atoms with E-state index in [9.17, 15) is 0 Å². The van der Waals surface area contributed by atoms with Crippen molar-refractivity contribution >= 4 is 17.1 Å². The van der Waals surface area contributed by atoms with Crippen LogP contribution in [0.2, 0.25) is 0 Å². The van der Waals surface area contributed by atoms with Crippen LogP contribution >= 0.6 is 0 Å². The molecule has 4 aliphatic carbocycles. The second-order valence-corrected chi connectivity index (χ2v) is 20.4. The van der Waals surface area contributed by atoms with Crippen LogP contribution in [0.15, 0.2) is 224 Å². The maximum Gasteiger partial charge on any atom is 0.0726 e. The minimum atomic E-state index is -0.441. The summed E-state index contributed by atoms with van der Waals surface area (Å²) in [6.45, 7) is 9.60. The Morgan fingerprint density at radius 2 is 0.544 bits per heavy atom. The van der Waals surface area contributed by atoms with E-state index in [0.29, 0.717) is 0 Å². The van der Waals surface area contributed by atoms with Crippen molar-refractivity contribution in [1.82, 2.24) is 0 Å². The topological polar surface area (TPSA) is 3.24 Å². The fourth-order valence-electron chi connectivity index (χ4n) is 13.0. The summed E-state index contributed by atoms with van der Waals surface area (Å²) in [7, 11) is 0. The number of benzene rings is 10. The van der Waals surface area contributed by atoms with Gasteiger partial charge in [0.1, 0.15) is 0 Å². The maximum atomic E-state index is 2.54. The SMILES string of the molecule is CC1(C)c2ccccc2-c2ccc(N(c3ccc4c(c3)C(C)(C)c3cc(-c5ccc(-c6ccccc6)cc5)ccc3-4)c3ccc4c(c3)C3(c5ccccc5-c5ccccc53)c3ccccc3-4)cc21. The first-order valence-electron chi connectivity index (χ1n) is 24.2. The van der Waals surface area contributed by atoms with Crippen molar-refractivity contribution in [3.8, 4) is 66.8 Å². The molecule has 0 bridgehead atoms. The lowest BCUT2D eigenvalue weighted by Crippen LogP contribution is -2.26. The van der Waals surface area contributed by atoms with E-state index >= 15 is 0 Å². The van der Waals surface area contributed by atoms with Gasteiger partial charge in [0.25, 0.3) is 0 Å². The number of fused-ring (bicyclic) bond motifs is 16. The third-order valence-corrected chi connectivity index (χ3v) is 16.3. The second-order valence-electron chi connectivity index (χ2n) is 20.4. The van der Waals surface area contributed by atoms with Crippen LogP contribution in [-0.4, -0.2) is 0 Å². The van der Waals surface area contributed by atoms with Gasteiger partial charge in [-0.25, -0.2) is 0 Å². The molecule has 10 aromatic rings. The molecule has 68 heavy (non-hydrogen) atoms. The van der Waals surface area contributed by atoms with Gasteiger partial charge in [0.2, 0.25) is 0 Å². The predicted molar refractivity (Wildman–Crippen MR) is 283 cm³/mol. The molecule has 4 aliphatic rings. The average Bonchev–Trinajstić information content (AvgIpc) is 4.01. The van der Waals surface area contributed by atoms with Crippen LogP contribution in [0.25, 0.3) is 66.8 Å². The Morgan fingerprint density at radius 1 is 0.235 bits per heavy atom. The van der Waals surface area contributed by atoms with E-state index in [-0.39, 0.29) is 10.8 Å². The molecule has 1 spiro atoms. The summed E-state index contributed by atoms with van der Waals surface area (Å²) in [6, 6.07) is 84.9. The van der Waals surface area contributed by atoms with Crippen LogP contribution < -0.4 is 4.90 Å². The Hall–Kier alpha value is -8.00. The molecule has 0 aliphatic heterocycles. The fourth-order valence-corrected chi connectivity index (χ4v) is 13.0. The van der Waals surface area contributed by atoms with Crippen LogP contribution in [0.1, 0.15) is 72.2 Å². The first kappa shape index (κ1) is 39.2. The van der Waals surface area contributed by atoms with Crippen LogP contribution in [-0.2, 0) is 16.2 Å². The van der Waals surface area contributed by atoms with E-state index in [1.54, 1.807) is 0 Å². The molecule has 0 saturated carbocycles. The summed E-state index contributed by atoms with van der Waals surface area (Å²) >= 11 is 0. The summed E-state index contributed by atoms with van der Waals surface area (Å²) in [4.78, 5) is 2.54. The van der Waals surface area contributed by atoms with Crippen molar-refractivity contribution in [2.45, 2.75) is 43.9 Å². The molecular weight excluding hydrogens is 819 g/mol. The standard InChI is InChI=1S/C67H49N/c1-65(2)57-22-12-8-18-49(57)54-35-31-46(39-62(54)65)68(48-33-37-56-52-21-11-15-25-60(52)67(64(56)41-48)58-23-13-9-19-50(58)51-20-10-14-24-59(51)67)47-32-36-55-53-34-30-45(38-61(53)66(3,4)63(55)40-47)44-28-26-43(27-29-44)42-16-6-5-7-17-42/h5-41H,1-4H3. The number of hydrogen-bond acceptors (Lipinski definition) is 1. The van der Waals surface area contributed by atoms with E-state index < -0.39 is 5.41 Å². The van der Waals surface area contributed by atoms with Crippen molar-refractivity contribution in [2.24, 2.45) is 0 Å². The zero-order valence-corrected chi connectivity index (χ0v) is 38.8. The zero-order chi connectivity index (χ0) is 45.5. The molecule has 0 aromatic heterocycles. The molecule has 0 amide bonds. The van der Waals surface area contributed by atoms with Crippen LogP contribution in [0.5, 0.6) is 0 Å². The summed E-state index contributed by atoms with van der Waals surface area (Å²) in [5.41, 5.74) is 29.1. The summed E-state index contributed by atoms with van der Waals surface area (Å²) in [5.74, 6) is 0. The van der Waals surface area contributed by atoms with Crippen molar-refractivity contribution in [3.63, 3.8) is 0 Å². The molecule has 322 valence electrons. The highest BCUT2D eigenvalue weighted by atomic mass is 15.1. The smallest absolute Gasteiger partial charge is 0.0726 e. The molecule has 0 fully saturated rings. The minimum Gasteiger partial charge on any atom is -0.310 e. The van der Waals surface area contributed by atoms with Gasteiger partial charge in [-0.2, -0.15) is 0 Å². The third-order valence-electron chi connectivity index (χ3n) is 16.3. The molecular formula is C67H49N. The third kappa shape index (κ3) is 5.22. The number of anilines is 3. The monoisotopic (exact) mass is 867 g/mol. The Bertz CT molecular complexity index is 3670. The van der Waals surface area contributed by atoms with Gasteiger partial charge < -0.3 is 4.90 Å². The highest BCUT2D eigenvalue weighted by Crippen LogP contribution is 2.64. The Morgan fingerprint density at radius 3 is 1.04 bits per heavy atom. The van der Waals surface area contributed by atoms with E-state index in [2.05, 4.69) is 257 Å². The van der Waals surface area contributed by atoms with Gasteiger partial charge in [0.05, 0.1) is 5.41 Å². The van der Waals surface area contributed by atoms with Gasteiger partial charge in [-0.3, -0.25) is 0 Å². The molecule has 0 heterocycles. The second kappa shape index (κ2) is 14.0. The highest BCUT2D eigenvalue weighted by Gasteiger charge is 2.52. The molecule has 0 unspecified atom stereocenters. The molecule has 0 N–H and O–H groups in total. The Kier molecular flexibility index (Phi) is 8.08. The van der Waals surface area contributed by atoms with Gasteiger partial charge in [-0.1, -0.05) is 210 Å². The van der Waals surface area contributed by atoms with Crippen molar-refractivity contribution in [2.75, 3.05) is 4.90 Å².